The van der Waals surface area contributed by atoms with E-state index in [1.165, 1.54) is 0 Å². The second-order valence-corrected chi connectivity index (χ2v) is 4.27. The van der Waals surface area contributed by atoms with Gasteiger partial charge in [-0.1, -0.05) is 12.1 Å². The SMILES string of the molecule is O=C(O)CCc1nnc(-c2cccc3ncccc23)o1. The zero-order valence-electron chi connectivity index (χ0n) is 10.5. The molecule has 0 saturated carbocycles. The topological polar surface area (TPSA) is 89.1 Å². The van der Waals surface area contributed by atoms with Gasteiger partial charge in [-0.3, -0.25) is 9.78 Å². The van der Waals surface area contributed by atoms with Crippen molar-refractivity contribution in [1.82, 2.24) is 15.2 Å². The molecule has 2 aromatic heterocycles. The quantitative estimate of drug-likeness (QED) is 0.781. The molecule has 0 unspecified atom stereocenters. The molecule has 1 N–H and O–H groups in total. The van der Waals surface area contributed by atoms with Crippen molar-refractivity contribution in [2.75, 3.05) is 0 Å². The molecular weight excluding hydrogens is 258 g/mol. The lowest BCUT2D eigenvalue weighted by Crippen LogP contribution is -1.97. The van der Waals surface area contributed by atoms with E-state index in [9.17, 15) is 4.79 Å². The van der Waals surface area contributed by atoms with Gasteiger partial charge < -0.3 is 9.52 Å². The number of benzene rings is 1. The number of aromatic nitrogens is 3. The molecule has 2 heterocycles. The summed E-state index contributed by atoms with van der Waals surface area (Å²) in [6.07, 6.45) is 1.92. The first-order chi connectivity index (χ1) is 9.74. The van der Waals surface area contributed by atoms with E-state index >= 15 is 0 Å². The number of nitrogens with zero attached hydrogens (tertiary/aromatic N) is 3. The maximum Gasteiger partial charge on any atom is 0.303 e. The number of aliphatic carboxylic acids is 1. The second-order valence-electron chi connectivity index (χ2n) is 4.27. The fourth-order valence-electron chi connectivity index (χ4n) is 1.97. The molecule has 0 fully saturated rings. The van der Waals surface area contributed by atoms with E-state index in [0.29, 0.717) is 11.8 Å². The van der Waals surface area contributed by atoms with Crippen molar-refractivity contribution in [3.8, 4) is 11.5 Å². The van der Waals surface area contributed by atoms with E-state index < -0.39 is 5.97 Å². The van der Waals surface area contributed by atoms with Crippen molar-refractivity contribution in [2.45, 2.75) is 12.8 Å². The number of pyridine rings is 1. The molecule has 0 amide bonds. The Hall–Kier alpha value is -2.76. The van der Waals surface area contributed by atoms with Gasteiger partial charge in [0.1, 0.15) is 0 Å². The van der Waals surface area contributed by atoms with E-state index in [1.54, 1.807) is 6.20 Å². The van der Waals surface area contributed by atoms with Crippen molar-refractivity contribution in [3.05, 3.63) is 42.4 Å². The van der Waals surface area contributed by atoms with Gasteiger partial charge in [0.15, 0.2) is 0 Å². The van der Waals surface area contributed by atoms with Gasteiger partial charge in [-0.05, 0) is 18.2 Å². The summed E-state index contributed by atoms with van der Waals surface area (Å²) in [6, 6.07) is 9.41. The Labute approximate surface area is 114 Å². The number of fused-ring (bicyclic) bond motifs is 1. The van der Waals surface area contributed by atoms with Crippen LogP contribution in [0.15, 0.2) is 40.9 Å². The minimum atomic E-state index is -0.890. The molecule has 6 nitrogen and oxygen atoms in total. The molecule has 3 rings (SSSR count). The minimum Gasteiger partial charge on any atom is -0.481 e. The highest BCUT2D eigenvalue weighted by atomic mass is 16.4. The number of aryl methyl sites for hydroxylation is 1. The lowest BCUT2D eigenvalue weighted by Gasteiger charge is -2.00. The summed E-state index contributed by atoms with van der Waals surface area (Å²) < 4.78 is 5.51. The van der Waals surface area contributed by atoms with Crippen LogP contribution in [0.25, 0.3) is 22.4 Å². The van der Waals surface area contributed by atoms with Gasteiger partial charge in [-0.25, -0.2) is 0 Å². The average molecular weight is 269 g/mol. The Kier molecular flexibility index (Phi) is 3.12. The largest absolute Gasteiger partial charge is 0.481 e. The molecule has 20 heavy (non-hydrogen) atoms. The molecule has 0 aliphatic carbocycles. The van der Waals surface area contributed by atoms with E-state index in [0.717, 1.165) is 16.5 Å². The van der Waals surface area contributed by atoms with Gasteiger partial charge in [0, 0.05) is 23.6 Å². The molecule has 0 aliphatic heterocycles. The van der Waals surface area contributed by atoms with Crippen LogP contribution in [-0.4, -0.2) is 26.3 Å². The van der Waals surface area contributed by atoms with Crippen molar-refractivity contribution < 1.29 is 14.3 Å². The van der Waals surface area contributed by atoms with E-state index in [2.05, 4.69) is 15.2 Å². The van der Waals surface area contributed by atoms with Crippen molar-refractivity contribution in [1.29, 1.82) is 0 Å². The fraction of sp³-hybridized carbons (Fsp3) is 0.143. The van der Waals surface area contributed by atoms with Crippen molar-refractivity contribution in [3.63, 3.8) is 0 Å². The van der Waals surface area contributed by atoms with Gasteiger partial charge >= 0.3 is 5.97 Å². The summed E-state index contributed by atoms with van der Waals surface area (Å²) in [4.78, 5) is 14.8. The molecule has 6 heteroatoms. The lowest BCUT2D eigenvalue weighted by molar-refractivity contribution is -0.137. The number of hydrogen-bond acceptors (Lipinski definition) is 5. The van der Waals surface area contributed by atoms with Gasteiger partial charge in [0.25, 0.3) is 0 Å². The number of carboxylic acids is 1. The first-order valence-corrected chi connectivity index (χ1v) is 6.12. The number of hydrogen-bond donors (Lipinski definition) is 1. The summed E-state index contributed by atoms with van der Waals surface area (Å²) in [7, 11) is 0. The highest BCUT2D eigenvalue weighted by Crippen LogP contribution is 2.26. The summed E-state index contributed by atoms with van der Waals surface area (Å²) >= 11 is 0. The molecule has 100 valence electrons. The Bertz CT molecular complexity index is 762. The molecule has 0 bridgehead atoms. The number of rotatable bonds is 4. The summed E-state index contributed by atoms with van der Waals surface area (Å²) in [5, 5.41) is 17.4. The predicted octanol–water partition coefficient (Wildman–Crippen LogP) is 2.30. The van der Waals surface area contributed by atoms with Crippen LogP contribution in [0.4, 0.5) is 0 Å². The second kappa shape index (κ2) is 5.08. The maximum atomic E-state index is 10.5. The van der Waals surface area contributed by atoms with Crippen LogP contribution in [0.3, 0.4) is 0 Å². The molecule has 0 radical (unpaired) electrons. The zero-order chi connectivity index (χ0) is 13.9. The molecule has 0 aliphatic rings. The molecule has 1 aromatic carbocycles. The highest BCUT2D eigenvalue weighted by molar-refractivity contribution is 5.92. The Morgan fingerprint density at radius 2 is 2.10 bits per heavy atom. The smallest absolute Gasteiger partial charge is 0.303 e. The molecule has 0 spiro atoms. The van der Waals surface area contributed by atoms with Gasteiger partial charge in [-0.15, -0.1) is 10.2 Å². The third-order valence-corrected chi connectivity index (χ3v) is 2.90. The molecular formula is C14H11N3O3. The van der Waals surface area contributed by atoms with Gasteiger partial charge in [-0.2, -0.15) is 0 Å². The predicted molar refractivity (Wildman–Crippen MR) is 71.0 cm³/mol. The minimum absolute atomic E-state index is 0.0290. The van der Waals surface area contributed by atoms with Crippen LogP contribution in [0.1, 0.15) is 12.3 Å². The van der Waals surface area contributed by atoms with Crippen LogP contribution in [-0.2, 0) is 11.2 Å². The normalized spacial score (nSPS) is 10.8. The van der Waals surface area contributed by atoms with Crippen LogP contribution in [0.2, 0.25) is 0 Å². The van der Waals surface area contributed by atoms with Crippen molar-refractivity contribution >= 4 is 16.9 Å². The monoisotopic (exact) mass is 269 g/mol. The third-order valence-electron chi connectivity index (χ3n) is 2.90. The molecule has 0 atom stereocenters. The summed E-state index contributed by atoms with van der Waals surface area (Å²) in [5.41, 5.74) is 1.64. The van der Waals surface area contributed by atoms with E-state index in [4.69, 9.17) is 9.52 Å². The highest BCUT2D eigenvalue weighted by Gasteiger charge is 2.12. The van der Waals surface area contributed by atoms with Crippen LogP contribution < -0.4 is 0 Å². The lowest BCUT2D eigenvalue weighted by atomic mass is 10.1. The average Bonchev–Trinajstić information content (AvgIpc) is 2.93. The molecule has 0 saturated heterocycles. The van der Waals surface area contributed by atoms with E-state index in [1.807, 2.05) is 30.3 Å². The van der Waals surface area contributed by atoms with Gasteiger partial charge in [0.2, 0.25) is 11.8 Å². The Balaban J connectivity index is 1.97. The fourth-order valence-corrected chi connectivity index (χ4v) is 1.97. The Morgan fingerprint density at radius 1 is 1.20 bits per heavy atom. The standard InChI is InChI=1S/C14H11N3O3/c18-13(19)7-6-12-16-17-14(20-12)10-3-1-5-11-9(10)4-2-8-15-11/h1-5,8H,6-7H2,(H,18,19). The molecule has 3 aromatic rings. The maximum absolute atomic E-state index is 10.5. The number of carbonyl (C=O) groups is 1. The van der Waals surface area contributed by atoms with Crippen LogP contribution in [0.5, 0.6) is 0 Å². The van der Waals surface area contributed by atoms with Crippen LogP contribution in [0, 0.1) is 0 Å². The first kappa shape index (κ1) is 12.3. The van der Waals surface area contributed by atoms with Gasteiger partial charge in [0.05, 0.1) is 11.9 Å². The number of carboxylic acid groups (broad SMARTS) is 1. The van der Waals surface area contributed by atoms with Crippen molar-refractivity contribution in [2.24, 2.45) is 0 Å². The van der Waals surface area contributed by atoms with E-state index in [-0.39, 0.29) is 12.8 Å². The summed E-state index contributed by atoms with van der Waals surface area (Å²) in [6.45, 7) is 0. The zero-order valence-corrected chi connectivity index (χ0v) is 10.5. The van der Waals surface area contributed by atoms with Crippen LogP contribution >= 0.6 is 0 Å². The Morgan fingerprint density at radius 3 is 2.95 bits per heavy atom. The summed E-state index contributed by atoms with van der Waals surface area (Å²) in [5.74, 6) is -0.189. The third kappa shape index (κ3) is 2.35. The first-order valence-electron chi connectivity index (χ1n) is 6.12.